The molecule has 2 aliphatic rings. The van der Waals surface area contributed by atoms with Crippen LogP contribution in [0, 0.1) is 0 Å². The minimum atomic E-state index is -0.627. The third-order valence-corrected chi connectivity index (χ3v) is 6.30. The highest BCUT2D eigenvalue weighted by Crippen LogP contribution is 2.40. The minimum absolute atomic E-state index is 0.170. The summed E-state index contributed by atoms with van der Waals surface area (Å²) >= 11 is 1.48. The van der Waals surface area contributed by atoms with E-state index in [1.54, 1.807) is 0 Å². The van der Waals surface area contributed by atoms with Gasteiger partial charge in [-0.05, 0) is 11.1 Å². The van der Waals surface area contributed by atoms with E-state index in [1.165, 1.54) is 30.0 Å². The summed E-state index contributed by atoms with van der Waals surface area (Å²) < 4.78 is 5.97. The summed E-state index contributed by atoms with van der Waals surface area (Å²) in [6.45, 7) is 0. The van der Waals surface area contributed by atoms with E-state index in [0.29, 0.717) is 11.3 Å². The summed E-state index contributed by atoms with van der Waals surface area (Å²) in [5, 5.41) is 3.49. The second-order valence-electron chi connectivity index (χ2n) is 6.83. The molecule has 0 bridgehead atoms. The number of carbonyl (C=O) groups excluding carboxylic acids is 2. The standard InChI is InChI=1S/C22H21N3O4S/c1-28-24-12-16-13-30-21-17(23)20(26)25(21)18(16)22(27)29-19(14-8-4-2-5-9-14)15-10-6-3-7-11-15/h2-12,17,19,21H,13,23H2,1H3/t17?,21-/m1/s1. The molecule has 30 heavy (non-hydrogen) atoms. The van der Waals surface area contributed by atoms with Crippen LogP contribution in [0.15, 0.2) is 77.1 Å². The molecule has 0 aliphatic carbocycles. The fourth-order valence-electron chi connectivity index (χ4n) is 3.49. The van der Waals surface area contributed by atoms with Gasteiger partial charge in [-0.25, -0.2) is 4.79 Å². The van der Waals surface area contributed by atoms with Gasteiger partial charge in [0.25, 0.3) is 0 Å². The van der Waals surface area contributed by atoms with E-state index in [9.17, 15) is 9.59 Å². The topological polar surface area (TPSA) is 94.2 Å². The Hall–Kier alpha value is -3.10. The molecule has 154 valence electrons. The number of ether oxygens (including phenoxy) is 1. The molecule has 1 fully saturated rings. The van der Waals surface area contributed by atoms with Gasteiger partial charge in [0.2, 0.25) is 5.91 Å². The molecule has 1 amide bonds. The van der Waals surface area contributed by atoms with E-state index < -0.39 is 18.1 Å². The number of rotatable bonds is 6. The summed E-state index contributed by atoms with van der Waals surface area (Å²) in [6, 6.07) is 18.3. The van der Waals surface area contributed by atoms with Crippen LogP contribution in [-0.2, 0) is 19.2 Å². The molecule has 2 aromatic rings. The van der Waals surface area contributed by atoms with Crippen LogP contribution >= 0.6 is 11.8 Å². The maximum atomic E-state index is 13.3. The largest absolute Gasteiger partial charge is 0.448 e. The van der Waals surface area contributed by atoms with Gasteiger partial charge in [-0.2, -0.15) is 0 Å². The highest BCUT2D eigenvalue weighted by molar-refractivity contribution is 8.00. The summed E-state index contributed by atoms with van der Waals surface area (Å²) in [6.07, 6.45) is 0.822. The Morgan fingerprint density at radius 2 is 1.77 bits per heavy atom. The molecule has 2 N–H and O–H groups in total. The van der Waals surface area contributed by atoms with E-state index in [-0.39, 0.29) is 17.0 Å². The quantitative estimate of drug-likeness (QED) is 0.332. The van der Waals surface area contributed by atoms with E-state index in [4.69, 9.17) is 15.3 Å². The zero-order valence-electron chi connectivity index (χ0n) is 16.3. The third-order valence-electron chi connectivity index (χ3n) is 4.98. The zero-order chi connectivity index (χ0) is 21.1. The SMILES string of the molecule is CON=CC1=C(C(=O)OC(c2ccccc2)c2ccccc2)N2C(=O)C(N)[C@H]2SC1. The number of amides is 1. The van der Waals surface area contributed by atoms with E-state index in [1.807, 2.05) is 60.7 Å². The first-order valence-electron chi connectivity index (χ1n) is 9.42. The molecule has 2 aliphatic heterocycles. The highest BCUT2D eigenvalue weighted by atomic mass is 32.2. The van der Waals surface area contributed by atoms with Gasteiger partial charge in [0.15, 0.2) is 6.10 Å². The van der Waals surface area contributed by atoms with Crippen molar-refractivity contribution in [1.82, 2.24) is 4.90 Å². The monoisotopic (exact) mass is 423 g/mol. The molecule has 0 spiro atoms. The normalized spacial score (nSPS) is 20.9. The Labute approximate surface area is 178 Å². The van der Waals surface area contributed by atoms with Crippen LogP contribution in [-0.4, -0.2) is 47.3 Å². The number of carbonyl (C=O) groups is 2. The predicted molar refractivity (Wildman–Crippen MR) is 114 cm³/mol. The molecule has 2 aromatic carbocycles. The van der Waals surface area contributed by atoms with E-state index in [0.717, 1.165) is 11.1 Å². The van der Waals surface area contributed by atoms with Crippen molar-refractivity contribution < 1.29 is 19.2 Å². The molecule has 8 heteroatoms. The number of thioether (sulfide) groups is 1. The molecule has 4 rings (SSSR count). The maximum Gasteiger partial charge on any atom is 0.356 e. The van der Waals surface area contributed by atoms with Crippen LogP contribution < -0.4 is 5.73 Å². The average molecular weight is 423 g/mol. The van der Waals surface area contributed by atoms with Gasteiger partial charge >= 0.3 is 5.97 Å². The minimum Gasteiger partial charge on any atom is -0.448 e. The van der Waals surface area contributed by atoms with Crippen molar-refractivity contribution in [2.24, 2.45) is 10.9 Å². The molecule has 0 saturated carbocycles. The first kappa shape index (κ1) is 20.2. The molecular weight excluding hydrogens is 402 g/mol. The lowest BCUT2D eigenvalue weighted by atomic mass is 10.0. The Balaban J connectivity index is 1.70. The first-order valence-corrected chi connectivity index (χ1v) is 10.5. The second-order valence-corrected chi connectivity index (χ2v) is 7.94. The third kappa shape index (κ3) is 3.71. The van der Waals surface area contributed by atoms with Crippen LogP contribution in [0.25, 0.3) is 0 Å². The predicted octanol–water partition coefficient (Wildman–Crippen LogP) is 2.45. The molecular formula is C22H21N3O4S. The summed E-state index contributed by atoms with van der Waals surface area (Å²) in [5.41, 5.74) is 8.31. The Kier molecular flexibility index (Phi) is 5.87. The van der Waals surface area contributed by atoms with Gasteiger partial charge < -0.3 is 15.3 Å². The number of oxime groups is 1. The number of hydrogen-bond donors (Lipinski definition) is 1. The van der Waals surface area contributed by atoms with Gasteiger partial charge in [0.05, 0.1) is 6.21 Å². The average Bonchev–Trinajstić information content (AvgIpc) is 2.81. The molecule has 1 unspecified atom stereocenters. The Morgan fingerprint density at radius 1 is 1.17 bits per heavy atom. The second kappa shape index (κ2) is 8.73. The number of fused-ring (bicyclic) bond motifs is 1. The molecule has 7 nitrogen and oxygen atoms in total. The van der Waals surface area contributed by atoms with Crippen molar-refractivity contribution in [3.63, 3.8) is 0 Å². The summed E-state index contributed by atoms with van der Waals surface area (Å²) in [5.74, 6) is -0.435. The smallest absolute Gasteiger partial charge is 0.356 e. The molecule has 1 saturated heterocycles. The fourth-order valence-corrected chi connectivity index (χ4v) is 4.74. The van der Waals surface area contributed by atoms with Crippen molar-refractivity contribution in [3.05, 3.63) is 83.1 Å². The van der Waals surface area contributed by atoms with Gasteiger partial charge in [-0.3, -0.25) is 9.69 Å². The van der Waals surface area contributed by atoms with Crippen molar-refractivity contribution >= 4 is 29.9 Å². The van der Waals surface area contributed by atoms with Crippen LogP contribution in [0.3, 0.4) is 0 Å². The van der Waals surface area contributed by atoms with Gasteiger partial charge in [0, 0.05) is 11.3 Å². The Morgan fingerprint density at radius 3 is 2.33 bits per heavy atom. The number of nitrogens with two attached hydrogens (primary N) is 1. The summed E-state index contributed by atoms with van der Waals surface area (Å²) in [4.78, 5) is 31.9. The Bertz CT molecular complexity index is 954. The van der Waals surface area contributed by atoms with Crippen molar-refractivity contribution in [2.45, 2.75) is 17.5 Å². The lowest BCUT2D eigenvalue weighted by Crippen LogP contribution is -2.68. The maximum absolute atomic E-state index is 13.3. The molecule has 0 aromatic heterocycles. The molecule has 0 radical (unpaired) electrons. The zero-order valence-corrected chi connectivity index (χ0v) is 17.1. The van der Waals surface area contributed by atoms with Gasteiger partial charge in [-0.15, -0.1) is 11.8 Å². The van der Waals surface area contributed by atoms with E-state index in [2.05, 4.69) is 5.16 Å². The first-order chi connectivity index (χ1) is 14.6. The van der Waals surface area contributed by atoms with Crippen LogP contribution in [0.2, 0.25) is 0 Å². The molecule has 2 heterocycles. The number of esters is 1. The fraction of sp³-hybridized carbons (Fsp3) is 0.227. The molecule has 2 atom stereocenters. The van der Waals surface area contributed by atoms with Crippen LogP contribution in [0.1, 0.15) is 17.2 Å². The summed E-state index contributed by atoms with van der Waals surface area (Å²) in [7, 11) is 1.42. The van der Waals surface area contributed by atoms with Crippen LogP contribution in [0.4, 0.5) is 0 Å². The highest BCUT2D eigenvalue weighted by Gasteiger charge is 2.52. The van der Waals surface area contributed by atoms with Gasteiger partial charge in [0.1, 0.15) is 24.2 Å². The lowest BCUT2D eigenvalue weighted by molar-refractivity contribution is -0.153. The lowest BCUT2D eigenvalue weighted by Gasteiger charge is -2.48. The van der Waals surface area contributed by atoms with Gasteiger partial charge in [-0.1, -0.05) is 65.8 Å². The van der Waals surface area contributed by atoms with Crippen molar-refractivity contribution in [3.8, 4) is 0 Å². The van der Waals surface area contributed by atoms with Crippen LogP contribution in [0.5, 0.6) is 0 Å². The number of nitrogens with zero attached hydrogens (tertiary/aromatic N) is 2. The number of benzene rings is 2. The van der Waals surface area contributed by atoms with Crippen molar-refractivity contribution in [1.29, 1.82) is 0 Å². The number of β-lactam (4-membered cyclic amide) rings is 1. The van der Waals surface area contributed by atoms with Crippen molar-refractivity contribution in [2.75, 3.05) is 12.9 Å². The number of hydrogen-bond acceptors (Lipinski definition) is 7. The van der Waals surface area contributed by atoms with E-state index >= 15 is 0 Å².